The molecule has 0 aliphatic carbocycles. The van der Waals surface area contributed by atoms with Crippen molar-refractivity contribution in [3.8, 4) is 0 Å². The van der Waals surface area contributed by atoms with E-state index in [1.165, 1.54) is 15.6 Å². The third-order valence-electron chi connectivity index (χ3n) is 2.99. The number of furan rings is 1. The monoisotopic (exact) mass is 277 g/mol. The summed E-state index contributed by atoms with van der Waals surface area (Å²) in [5, 5.41) is 7.13. The Kier molecular flexibility index (Phi) is 3.12. The lowest BCUT2D eigenvalue weighted by Crippen LogP contribution is -2.16. The van der Waals surface area contributed by atoms with Gasteiger partial charge in [-0.25, -0.2) is 0 Å². The number of benzene rings is 1. The predicted octanol–water partition coefficient (Wildman–Crippen LogP) is 4.46. The van der Waals surface area contributed by atoms with Crippen LogP contribution in [0.1, 0.15) is 17.4 Å². The first-order valence-corrected chi connectivity index (χ1v) is 6.94. The van der Waals surface area contributed by atoms with Gasteiger partial charge in [0.25, 0.3) is 0 Å². The zero-order valence-electron chi connectivity index (χ0n) is 9.81. The molecule has 0 aliphatic rings. The minimum Gasteiger partial charge on any atom is -0.448 e. The molecular weight excluding hydrogens is 266 g/mol. The zero-order chi connectivity index (χ0) is 12.5. The molecule has 4 heteroatoms. The summed E-state index contributed by atoms with van der Waals surface area (Å²) in [7, 11) is 1.92. The van der Waals surface area contributed by atoms with Gasteiger partial charge in [-0.1, -0.05) is 18.2 Å². The van der Waals surface area contributed by atoms with Crippen molar-refractivity contribution in [2.24, 2.45) is 0 Å². The number of thiophene rings is 1. The summed E-state index contributed by atoms with van der Waals surface area (Å²) >= 11 is 7.59. The molecular formula is C14H12ClNOS. The molecule has 0 radical (unpaired) electrons. The van der Waals surface area contributed by atoms with Crippen molar-refractivity contribution in [2.75, 3.05) is 7.05 Å². The van der Waals surface area contributed by atoms with Crippen LogP contribution in [-0.2, 0) is 0 Å². The van der Waals surface area contributed by atoms with Gasteiger partial charge < -0.3 is 9.73 Å². The van der Waals surface area contributed by atoms with E-state index in [1.54, 1.807) is 17.4 Å². The topological polar surface area (TPSA) is 25.2 Å². The quantitative estimate of drug-likeness (QED) is 0.765. The molecule has 0 saturated carbocycles. The van der Waals surface area contributed by atoms with Crippen LogP contribution >= 0.6 is 22.9 Å². The van der Waals surface area contributed by atoms with Gasteiger partial charge in [0.05, 0.1) is 6.04 Å². The van der Waals surface area contributed by atoms with Crippen LogP contribution in [0.5, 0.6) is 0 Å². The first-order valence-electron chi connectivity index (χ1n) is 5.68. The highest BCUT2D eigenvalue weighted by atomic mass is 35.5. The highest BCUT2D eigenvalue weighted by Crippen LogP contribution is 2.34. The van der Waals surface area contributed by atoms with Crippen molar-refractivity contribution >= 4 is 33.0 Å². The molecule has 18 heavy (non-hydrogen) atoms. The fourth-order valence-electron chi connectivity index (χ4n) is 2.16. The van der Waals surface area contributed by atoms with E-state index in [9.17, 15) is 0 Å². The maximum absolute atomic E-state index is 5.85. The summed E-state index contributed by atoms with van der Waals surface area (Å²) in [6, 6.07) is 12.1. The lowest BCUT2D eigenvalue weighted by Gasteiger charge is -2.12. The third kappa shape index (κ3) is 1.94. The molecule has 1 unspecified atom stereocenters. The van der Waals surface area contributed by atoms with Crippen molar-refractivity contribution in [3.63, 3.8) is 0 Å². The van der Waals surface area contributed by atoms with E-state index in [0.29, 0.717) is 5.22 Å². The van der Waals surface area contributed by atoms with Crippen molar-refractivity contribution in [2.45, 2.75) is 6.04 Å². The largest absolute Gasteiger partial charge is 0.448 e. The molecule has 1 atom stereocenters. The Morgan fingerprint density at radius 1 is 1.22 bits per heavy atom. The molecule has 0 spiro atoms. The summed E-state index contributed by atoms with van der Waals surface area (Å²) in [5.74, 6) is 0.839. The van der Waals surface area contributed by atoms with Gasteiger partial charge >= 0.3 is 0 Å². The second kappa shape index (κ2) is 4.76. The van der Waals surface area contributed by atoms with E-state index >= 15 is 0 Å². The predicted molar refractivity (Wildman–Crippen MR) is 76.4 cm³/mol. The fourth-order valence-corrected chi connectivity index (χ4v) is 3.30. The first-order chi connectivity index (χ1) is 8.79. The van der Waals surface area contributed by atoms with Crippen LogP contribution in [0.25, 0.3) is 10.1 Å². The minimum absolute atomic E-state index is 0.0358. The van der Waals surface area contributed by atoms with Gasteiger partial charge in [0, 0.05) is 4.70 Å². The van der Waals surface area contributed by atoms with E-state index in [0.717, 1.165) is 5.76 Å². The van der Waals surface area contributed by atoms with E-state index in [-0.39, 0.29) is 6.04 Å². The van der Waals surface area contributed by atoms with Crippen LogP contribution in [0, 0.1) is 0 Å². The van der Waals surface area contributed by atoms with Crippen molar-refractivity contribution in [3.05, 3.63) is 58.3 Å². The van der Waals surface area contributed by atoms with Gasteiger partial charge in [0.2, 0.25) is 0 Å². The molecule has 0 amide bonds. The van der Waals surface area contributed by atoms with Gasteiger partial charge in [-0.15, -0.1) is 11.3 Å². The first kappa shape index (κ1) is 11.8. The Morgan fingerprint density at radius 3 is 2.78 bits per heavy atom. The fraction of sp³-hybridized carbons (Fsp3) is 0.143. The summed E-state index contributed by atoms with van der Waals surface area (Å²) < 4.78 is 6.80. The minimum atomic E-state index is 0.0358. The molecule has 2 nitrogen and oxygen atoms in total. The van der Waals surface area contributed by atoms with Gasteiger partial charge in [-0.3, -0.25) is 0 Å². The number of hydrogen-bond donors (Lipinski definition) is 1. The maximum atomic E-state index is 5.85. The molecule has 92 valence electrons. The molecule has 2 aromatic heterocycles. The number of halogens is 1. The van der Waals surface area contributed by atoms with Gasteiger partial charge in [-0.2, -0.15) is 0 Å². The number of nitrogens with one attached hydrogen (secondary N) is 1. The van der Waals surface area contributed by atoms with Crippen LogP contribution < -0.4 is 5.32 Å². The Labute approximate surface area is 114 Å². The maximum Gasteiger partial charge on any atom is 0.193 e. The van der Waals surface area contributed by atoms with E-state index in [4.69, 9.17) is 16.0 Å². The normalized spacial score (nSPS) is 13.0. The molecule has 1 N–H and O–H groups in total. The molecule has 3 aromatic rings. The Hall–Kier alpha value is -1.29. The van der Waals surface area contributed by atoms with Crippen molar-refractivity contribution < 1.29 is 4.42 Å². The molecule has 0 bridgehead atoms. The SMILES string of the molecule is CNC(c1ccc(Cl)o1)c1csc2ccccc12. The molecule has 0 aliphatic heterocycles. The number of fused-ring (bicyclic) bond motifs is 1. The van der Waals surface area contributed by atoms with Gasteiger partial charge in [0.1, 0.15) is 5.76 Å². The highest BCUT2D eigenvalue weighted by Gasteiger charge is 2.19. The zero-order valence-corrected chi connectivity index (χ0v) is 11.4. The average molecular weight is 278 g/mol. The number of hydrogen-bond acceptors (Lipinski definition) is 3. The lowest BCUT2D eigenvalue weighted by atomic mass is 10.0. The van der Waals surface area contributed by atoms with Gasteiger partial charge in [-0.05, 0) is 53.2 Å². The van der Waals surface area contributed by atoms with Crippen LogP contribution in [0.3, 0.4) is 0 Å². The second-order valence-corrected chi connectivity index (χ2v) is 5.33. The molecule has 0 saturated heterocycles. The Morgan fingerprint density at radius 2 is 2.06 bits per heavy atom. The molecule has 2 heterocycles. The smallest absolute Gasteiger partial charge is 0.193 e. The summed E-state index contributed by atoms with van der Waals surface area (Å²) in [6.07, 6.45) is 0. The summed E-state index contributed by atoms with van der Waals surface area (Å²) in [6.45, 7) is 0. The van der Waals surface area contributed by atoms with E-state index in [1.807, 2.05) is 13.1 Å². The van der Waals surface area contributed by atoms with Crippen LogP contribution in [-0.4, -0.2) is 7.05 Å². The Bertz CT molecular complexity index is 673. The number of rotatable bonds is 3. The van der Waals surface area contributed by atoms with Crippen LogP contribution in [0.2, 0.25) is 5.22 Å². The van der Waals surface area contributed by atoms with Crippen molar-refractivity contribution in [1.82, 2.24) is 5.32 Å². The summed E-state index contributed by atoms with van der Waals surface area (Å²) in [5.41, 5.74) is 1.23. The second-order valence-electron chi connectivity index (χ2n) is 4.05. The van der Waals surface area contributed by atoms with E-state index in [2.05, 4.69) is 35.0 Å². The van der Waals surface area contributed by atoms with Crippen LogP contribution in [0.15, 0.2) is 46.2 Å². The molecule has 3 rings (SSSR count). The van der Waals surface area contributed by atoms with Crippen LogP contribution in [0.4, 0.5) is 0 Å². The van der Waals surface area contributed by atoms with Gasteiger partial charge in [0.15, 0.2) is 5.22 Å². The average Bonchev–Trinajstić information content (AvgIpc) is 2.98. The standard InChI is InChI=1S/C14H12ClNOS/c1-16-14(11-6-7-13(15)17-11)10-8-18-12-5-3-2-4-9(10)12/h2-8,14,16H,1H3. The Balaban J connectivity index is 2.11. The lowest BCUT2D eigenvalue weighted by molar-refractivity contribution is 0.466. The molecule has 1 aromatic carbocycles. The highest BCUT2D eigenvalue weighted by molar-refractivity contribution is 7.17. The molecule has 0 fully saturated rings. The third-order valence-corrected chi connectivity index (χ3v) is 4.17. The van der Waals surface area contributed by atoms with E-state index < -0.39 is 0 Å². The van der Waals surface area contributed by atoms with Crippen molar-refractivity contribution in [1.29, 1.82) is 0 Å². The summed E-state index contributed by atoms with van der Waals surface area (Å²) in [4.78, 5) is 0.